The van der Waals surface area contributed by atoms with E-state index < -0.39 is 0 Å². The van der Waals surface area contributed by atoms with Crippen LogP contribution in [0.1, 0.15) is 0 Å². The van der Waals surface area contributed by atoms with Crippen LogP contribution in [0.3, 0.4) is 0 Å². The number of hydrogen-bond donors (Lipinski definition) is 0. The van der Waals surface area contributed by atoms with Crippen molar-refractivity contribution >= 4 is 43.1 Å². The standard InChI is InChI=1S/C48H40O6/c1-5-13-37-33(9-1)17-21-41-45(37)46-38-14-6-2-10-34(38)18-22-42(46)52-30-26-50-28-32-54-44-24-20-36-12-4-8-16-40(36)48(44)47-39-15-7-3-11-35(39)19-23-43(47)53-31-27-49-25-29-51-41/h1-24H,25-32H2. The van der Waals surface area contributed by atoms with Crippen molar-refractivity contribution < 1.29 is 28.4 Å². The molecule has 0 amide bonds. The van der Waals surface area contributed by atoms with Crippen molar-refractivity contribution in [3.63, 3.8) is 0 Å². The molecule has 0 spiro atoms. The van der Waals surface area contributed by atoms with Crippen molar-refractivity contribution in [2.75, 3.05) is 52.9 Å². The zero-order chi connectivity index (χ0) is 36.1. The Labute approximate surface area is 314 Å². The molecule has 1 aliphatic rings. The van der Waals surface area contributed by atoms with Crippen LogP contribution in [0.15, 0.2) is 146 Å². The molecule has 0 bridgehead atoms. The van der Waals surface area contributed by atoms with Crippen molar-refractivity contribution in [1.29, 1.82) is 0 Å². The van der Waals surface area contributed by atoms with Crippen LogP contribution in [-0.4, -0.2) is 52.9 Å². The Balaban J connectivity index is 1.07. The number of hydrogen-bond acceptors (Lipinski definition) is 6. The van der Waals surface area contributed by atoms with Gasteiger partial charge in [0.05, 0.1) is 26.4 Å². The highest BCUT2D eigenvalue weighted by Crippen LogP contribution is 2.47. The van der Waals surface area contributed by atoms with E-state index in [1.54, 1.807) is 0 Å². The van der Waals surface area contributed by atoms with Crippen LogP contribution < -0.4 is 18.9 Å². The lowest BCUT2D eigenvalue weighted by Gasteiger charge is -2.21. The minimum Gasteiger partial charge on any atom is -0.491 e. The molecule has 54 heavy (non-hydrogen) atoms. The zero-order valence-electron chi connectivity index (χ0n) is 30.0. The van der Waals surface area contributed by atoms with E-state index in [-0.39, 0.29) is 0 Å². The molecule has 1 aliphatic heterocycles. The molecule has 0 aliphatic carbocycles. The Hall–Kier alpha value is -6.08. The lowest BCUT2D eigenvalue weighted by atomic mass is 9.92. The second-order valence-electron chi connectivity index (χ2n) is 13.3. The average Bonchev–Trinajstić information content (AvgIpc) is 3.22. The third-order valence-corrected chi connectivity index (χ3v) is 10.0. The summed E-state index contributed by atoms with van der Waals surface area (Å²) >= 11 is 0. The van der Waals surface area contributed by atoms with Crippen LogP contribution in [-0.2, 0) is 9.47 Å². The van der Waals surface area contributed by atoms with Crippen molar-refractivity contribution in [1.82, 2.24) is 0 Å². The number of benzene rings is 8. The first-order valence-electron chi connectivity index (χ1n) is 18.6. The van der Waals surface area contributed by atoms with Crippen molar-refractivity contribution in [2.24, 2.45) is 0 Å². The smallest absolute Gasteiger partial charge is 0.128 e. The maximum atomic E-state index is 6.54. The van der Waals surface area contributed by atoms with E-state index in [0.29, 0.717) is 52.9 Å². The maximum absolute atomic E-state index is 6.54. The number of ether oxygens (including phenoxy) is 6. The molecule has 6 heteroatoms. The topological polar surface area (TPSA) is 55.4 Å². The van der Waals surface area contributed by atoms with Crippen LogP contribution in [0.25, 0.3) is 65.3 Å². The summed E-state index contributed by atoms with van der Waals surface area (Å²) in [5.41, 5.74) is 3.98. The van der Waals surface area contributed by atoms with Gasteiger partial charge in [0.25, 0.3) is 0 Å². The largest absolute Gasteiger partial charge is 0.491 e. The second-order valence-corrected chi connectivity index (χ2v) is 13.3. The molecule has 0 atom stereocenters. The van der Waals surface area contributed by atoms with Gasteiger partial charge >= 0.3 is 0 Å². The molecule has 0 fully saturated rings. The summed E-state index contributed by atoms with van der Waals surface area (Å²) in [6.07, 6.45) is 0. The molecule has 1 heterocycles. The van der Waals surface area contributed by atoms with E-state index in [9.17, 15) is 0 Å². The number of fused-ring (bicyclic) bond motifs is 14. The summed E-state index contributed by atoms with van der Waals surface area (Å²) in [5.74, 6) is 3.10. The van der Waals surface area contributed by atoms with Crippen LogP contribution >= 0.6 is 0 Å². The summed E-state index contributed by atoms with van der Waals surface area (Å²) < 4.78 is 38.4. The summed E-state index contributed by atoms with van der Waals surface area (Å²) in [7, 11) is 0. The van der Waals surface area contributed by atoms with Gasteiger partial charge in [0.15, 0.2) is 0 Å². The second kappa shape index (κ2) is 15.5. The van der Waals surface area contributed by atoms with Crippen LogP contribution in [0, 0.1) is 0 Å². The zero-order valence-corrected chi connectivity index (χ0v) is 30.0. The first-order chi connectivity index (χ1) is 26.8. The molecule has 8 aromatic carbocycles. The average molecular weight is 713 g/mol. The normalized spacial score (nSPS) is 14.5. The molecule has 0 saturated carbocycles. The quantitative estimate of drug-likeness (QED) is 0.156. The van der Waals surface area contributed by atoms with Gasteiger partial charge in [0, 0.05) is 22.3 Å². The molecular weight excluding hydrogens is 673 g/mol. The lowest BCUT2D eigenvalue weighted by molar-refractivity contribution is 0.0759. The monoisotopic (exact) mass is 712 g/mol. The van der Waals surface area contributed by atoms with Gasteiger partial charge in [-0.05, 0) is 67.4 Å². The number of rotatable bonds is 0. The highest BCUT2D eigenvalue weighted by atomic mass is 16.6. The molecule has 0 radical (unpaired) electrons. The van der Waals surface area contributed by atoms with E-state index in [4.69, 9.17) is 28.4 Å². The van der Waals surface area contributed by atoms with E-state index in [1.165, 1.54) is 0 Å². The third-order valence-electron chi connectivity index (χ3n) is 10.0. The van der Waals surface area contributed by atoms with Gasteiger partial charge < -0.3 is 28.4 Å². The van der Waals surface area contributed by atoms with Gasteiger partial charge in [-0.2, -0.15) is 0 Å². The first-order valence-corrected chi connectivity index (χ1v) is 18.6. The van der Waals surface area contributed by atoms with Gasteiger partial charge in [-0.25, -0.2) is 0 Å². The Morgan fingerprint density at radius 2 is 0.481 bits per heavy atom. The summed E-state index contributed by atoms with van der Waals surface area (Å²) in [6, 6.07) is 50.2. The lowest BCUT2D eigenvalue weighted by Crippen LogP contribution is -2.14. The molecule has 0 N–H and O–H groups in total. The van der Waals surface area contributed by atoms with Crippen molar-refractivity contribution in [3.05, 3.63) is 146 Å². The molecule has 0 aromatic heterocycles. The minimum atomic E-state index is 0.373. The molecule has 9 rings (SSSR count). The van der Waals surface area contributed by atoms with Gasteiger partial charge in [0.1, 0.15) is 49.4 Å². The van der Waals surface area contributed by atoms with Crippen molar-refractivity contribution in [2.45, 2.75) is 0 Å². The van der Waals surface area contributed by atoms with E-state index in [2.05, 4.69) is 146 Å². The Morgan fingerprint density at radius 1 is 0.241 bits per heavy atom. The third kappa shape index (κ3) is 6.66. The van der Waals surface area contributed by atoms with E-state index in [1.807, 2.05) is 0 Å². The van der Waals surface area contributed by atoms with E-state index >= 15 is 0 Å². The van der Waals surface area contributed by atoms with Gasteiger partial charge in [-0.3, -0.25) is 0 Å². The van der Waals surface area contributed by atoms with Gasteiger partial charge in [-0.1, -0.05) is 121 Å². The molecule has 8 aromatic rings. The van der Waals surface area contributed by atoms with Gasteiger partial charge in [0.2, 0.25) is 0 Å². The predicted molar refractivity (Wildman–Crippen MR) is 217 cm³/mol. The van der Waals surface area contributed by atoms with Crippen LogP contribution in [0.2, 0.25) is 0 Å². The fourth-order valence-electron chi connectivity index (χ4n) is 7.57. The molecule has 268 valence electrons. The fraction of sp³-hybridized carbons (Fsp3) is 0.167. The maximum Gasteiger partial charge on any atom is 0.128 e. The van der Waals surface area contributed by atoms with Crippen LogP contribution in [0.4, 0.5) is 0 Å². The highest BCUT2D eigenvalue weighted by Gasteiger charge is 2.21. The minimum absolute atomic E-state index is 0.373. The Kier molecular flexibility index (Phi) is 9.68. The molecule has 6 nitrogen and oxygen atoms in total. The summed E-state index contributed by atoms with van der Waals surface area (Å²) in [4.78, 5) is 0. The van der Waals surface area contributed by atoms with E-state index in [0.717, 1.165) is 88.3 Å². The molecule has 0 unspecified atom stereocenters. The fourth-order valence-corrected chi connectivity index (χ4v) is 7.57. The first kappa shape index (κ1) is 33.7. The molecular formula is C48H40O6. The highest BCUT2D eigenvalue weighted by molar-refractivity contribution is 6.11. The summed E-state index contributed by atoms with van der Waals surface area (Å²) in [5, 5.41) is 8.86. The van der Waals surface area contributed by atoms with Crippen LogP contribution in [0.5, 0.6) is 23.0 Å². The molecule has 0 saturated heterocycles. The Morgan fingerprint density at radius 3 is 0.741 bits per heavy atom. The Bertz CT molecular complexity index is 2240. The predicted octanol–water partition coefficient (Wildman–Crippen LogP) is 10.9. The van der Waals surface area contributed by atoms with Gasteiger partial charge in [-0.15, -0.1) is 0 Å². The summed E-state index contributed by atoms with van der Waals surface area (Å²) in [6.45, 7) is 3.09. The van der Waals surface area contributed by atoms with Crippen molar-refractivity contribution in [3.8, 4) is 45.3 Å². The SMILES string of the molecule is c1ccc2c3c(ccc2c1)OCCOCCOc1ccc2ccccc2c1-c1c(ccc2ccccc12)OCCOCCOc1ccc2ccccc2c1-3.